The van der Waals surface area contributed by atoms with E-state index < -0.39 is 0 Å². The summed E-state index contributed by atoms with van der Waals surface area (Å²) in [5.41, 5.74) is 0.344. The van der Waals surface area contributed by atoms with Gasteiger partial charge in [0.15, 0.2) is 0 Å². The maximum absolute atomic E-state index is 11.8. The molecule has 0 aromatic carbocycles. The largest absolute Gasteiger partial charge is 0.369 e. The molecule has 0 saturated heterocycles. The fraction of sp³-hybridized carbons (Fsp3) is 0.222. The molecule has 2 N–H and O–H groups in total. The molecule has 2 rings (SSSR count). The molecule has 0 spiro atoms. The molecular weight excluding hydrogens is 276 g/mol. The number of rotatable bonds is 4. The van der Waals surface area contributed by atoms with Gasteiger partial charge in [0, 0.05) is 24.3 Å². The molecule has 0 bridgehead atoms. The third-order valence-corrected chi connectivity index (χ3v) is 2.77. The minimum atomic E-state index is -0.356. The lowest BCUT2D eigenvalue weighted by Gasteiger charge is -2.06. The van der Waals surface area contributed by atoms with Crippen LogP contribution in [-0.4, -0.2) is 32.2 Å². The van der Waals surface area contributed by atoms with Crippen molar-refractivity contribution in [1.82, 2.24) is 19.8 Å². The van der Waals surface area contributed by atoms with Crippen molar-refractivity contribution < 1.29 is 4.79 Å². The van der Waals surface area contributed by atoms with E-state index in [0.29, 0.717) is 28.1 Å². The van der Waals surface area contributed by atoms with E-state index in [0.717, 1.165) is 11.5 Å². The van der Waals surface area contributed by atoms with Crippen molar-refractivity contribution in [3.05, 3.63) is 22.8 Å². The summed E-state index contributed by atoms with van der Waals surface area (Å²) < 4.78 is 3.54. The third kappa shape index (κ3) is 2.90. The highest BCUT2D eigenvalue weighted by atomic mass is 35.5. The van der Waals surface area contributed by atoms with Crippen molar-refractivity contribution in [2.75, 3.05) is 17.2 Å². The number of aromatic nitrogens is 4. The van der Waals surface area contributed by atoms with Crippen LogP contribution >= 0.6 is 23.1 Å². The molecule has 0 fully saturated rings. The Balaban J connectivity index is 2.13. The van der Waals surface area contributed by atoms with E-state index in [2.05, 4.69) is 30.4 Å². The highest BCUT2D eigenvalue weighted by Crippen LogP contribution is 2.20. The Morgan fingerprint density at radius 3 is 3.00 bits per heavy atom. The Labute approximate surface area is 112 Å². The first-order chi connectivity index (χ1) is 8.70. The van der Waals surface area contributed by atoms with Crippen molar-refractivity contribution >= 4 is 40.0 Å². The van der Waals surface area contributed by atoms with Crippen LogP contribution in [0.1, 0.15) is 17.3 Å². The summed E-state index contributed by atoms with van der Waals surface area (Å²) in [6.07, 6.45) is 1.44. The van der Waals surface area contributed by atoms with E-state index in [4.69, 9.17) is 11.6 Å². The lowest BCUT2D eigenvalue weighted by atomic mass is 10.2. The average Bonchev–Trinajstić information content (AvgIpc) is 2.84. The van der Waals surface area contributed by atoms with Gasteiger partial charge in [-0.15, -0.1) is 0 Å². The second-order valence-electron chi connectivity index (χ2n) is 3.21. The topological polar surface area (TPSA) is 92.7 Å². The van der Waals surface area contributed by atoms with Gasteiger partial charge in [0.1, 0.15) is 5.82 Å². The number of hydrogen-bond acceptors (Lipinski definition) is 7. The van der Waals surface area contributed by atoms with E-state index in [1.807, 2.05) is 6.92 Å². The minimum Gasteiger partial charge on any atom is -0.369 e. The van der Waals surface area contributed by atoms with Crippen molar-refractivity contribution in [3.63, 3.8) is 0 Å². The molecule has 2 aromatic heterocycles. The van der Waals surface area contributed by atoms with Gasteiger partial charge in [0.2, 0.25) is 5.13 Å². The summed E-state index contributed by atoms with van der Waals surface area (Å²) in [6.45, 7) is 2.63. The fourth-order valence-electron chi connectivity index (χ4n) is 1.21. The predicted octanol–water partition coefficient (Wildman–Crippen LogP) is 1.67. The van der Waals surface area contributed by atoms with Crippen LogP contribution in [0.25, 0.3) is 0 Å². The number of nitrogens with one attached hydrogen (secondary N) is 2. The molecule has 2 aromatic rings. The SMILES string of the molecule is CCNc1ncc(C(=O)Nc2nnns2)cc1Cl. The van der Waals surface area contributed by atoms with Crippen molar-refractivity contribution in [2.45, 2.75) is 6.92 Å². The minimum absolute atomic E-state index is 0.326. The van der Waals surface area contributed by atoms with Gasteiger partial charge in [0.25, 0.3) is 5.91 Å². The summed E-state index contributed by atoms with van der Waals surface area (Å²) in [7, 11) is 0. The predicted molar refractivity (Wildman–Crippen MR) is 69.1 cm³/mol. The van der Waals surface area contributed by atoms with Crippen LogP contribution in [0.2, 0.25) is 5.02 Å². The van der Waals surface area contributed by atoms with E-state index in [9.17, 15) is 4.79 Å². The number of amides is 1. The highest BCUT2D eigenvalue weighted by molar-refractivity contribution is 7.09. The van der Waals surface area contributed by atoms with Gasteiger partial charge in [0.05, 0.1) is 10.6 Å². The molecule has 18 heavy (non-hydrogen) atoms. The van der Waals surface area contributed by atoms with E-state index in [-0.39, 0.29) is 5.91 Å². The van der Waals surface area contributed by atoms with E-state index in [1.54, 1.807) is 0 Å². The molecule has 0 atom stereocenters. The second-order valence-corrected chi connectivity index (χ2v) is 4.35. The van der Waals surface area contributed by atoms with Crippen LogP contribution in [0.15, 0.2) is 12.3 Å². The normalized spacial score (nSPS) is 10.1. The molecule has 0 saturated carbocycles. The van der Waals surface area contributed by atoms with E-state index in [1.165, 1.54) is 12.3 Å². The van der Waals surface area contributed by atoms with Crippen LogP contribution in [0.3, 0.4) is 0 Å². The first kappa shape index (κ1) is 12.7. The summed E-state index contributed by atoms with van der Waals surface area (Å²) in [5.74, 6) is 0.194. The van der Waals surface area contributed by atoms with Crippen LogP contribution in [-0.2, 0) is 0 Å². The molecule has 7 nitrogen and oxygen atoms in total. The van der Waals surface area contributed by atoms with Gasteiger partial charge in [-0.1, -0.05) is 21.2 Å². The molecule has 9 heteroatoms. The molecule has 0 aliphatic heterocycles. The molecule has 0 aliphatic carbocycles. The van der Waals surface area contributed by atoms with Gasteiger partial charge >= 0.3 is 0 Å². The summed E-state index contributed by atoms with van der Waals surface area (Å²) in [5, 5.41) is 13.2. The maximum Gasteiger partial charge on any atom is 0.259 e. The van der Waals surface area contributed by atoms with Crippen LogP contribution in [0.5, 0.6) is 0 Å². The monoisotopic (exact) mass is 284 g/mol. The zero-order valence-electron chi connectivity index (χ0n) is 9.35. The van der Waals surface area contributed by atoms with Gasteiger partial charge in [-0.3, -0.25) is 10.1 Å². The third-order valence-electron chi connectivity index (χ3n) is 1.97. The van der Waals surface area contributed by atoms with Gasteiger partial charge in [-0.2, -0.15) is 0 Å². The number of hydrogen-bond donors (Lipinski definition) is 2. The average molecular weight is 285 g/mol. The number of carbonyl (C=O) groups is 1. The van der Waals surface area contributed by atoms with Gasteiger partial charge in [-0.25, -0.2) is 4.98 Å². The Morgan fingerprint density at radius 1 is 1.56 bits per heavy atom. The number of halogens is 1. The summed E-state index contributed by atoms with van der Waals surface area (Å²) >= 11 is 6.98. The quantitative estimate of drug-likeness (QED) is 0.887. The maximum atomic E-state index is 11.8. The number of pyridine rings is 1. The first-order valence-electron chi connectivity index (χ1n) is 5.06. The first-order valence-corrected chi connectivity index (χ1v) is 6.21. The van der Waals surface area contributed by atoms with E-state index >= 15 is 0 Å². The Hall–Kier alpha value is -1.80. The Bertz CT molecular complexity index is 546. The summed E-state index contributed by atoms with van der Waals surface area (Å²) in [4.78, 5) is 15.9. The standard InChI is InChI=1S/C9H9ClN6OS/c1-2-11-7-6(10)3-5(4-12-7)8(17)13-9-14-15-16-18-9/h3-4H,2H2,1H3,(H,11,12)(H,13,14,16,17). The highest BCUT2D eigenvalue weighted by Gasteiger charge is 2.11. The molecule has 94 valence electrons. The van der Waals surface area contributed by atoms with Gasteiger partial charge < -0.3 is 5.32 Å². The number of nitrogens with zero attached hydrogens (tertiary/aromatic N) is 4. The number of anilines is 2. The summed E-state index contributed by atoms with van der Waals surface area (Å²) in [6, 6.07) is 1.54. The van der Waals surface area contributed by atoms with Crippen LogP contribution in [0, 0.1) is 0 Å². The second kappa shape index (κ2) is 5.69. The number of carbonyl (C=O) groups excluding carboxylic acids is 1. The molecule has 0 unspecified atom stereocenters. The Morgan fingerprint density at radius 2 is 2.39 bits per heavy atom. The van der Waals surface area contributed by atoms with Crippen molar-refractivity contribution in [1.29, 1.82) is 0 Å². The molecule has 0 aliphatic rings. The zero-order valence-corrected chi connectivity index (χ0v) is 10.9. The Kier molecular flexibility index (Phi) is 4.00. The van der Waals surface area contributed by atoms with Crippen LogP contribution in [0.4, 0.5) is 10.9 Å². The molecule has 2 heterocycles. The van der Waals surface area contributed by atoms with Gasteiger partial charge in [-0.05, 0) is 18.2 Å². The zero-order chi connectivity index (χ0) is 13.0. The molecule has 1 amide bonds. The lowest BCUT2D eigenvalue weighted by molar-refractivity contribution is 0.102. The van der Waals surface area contributed by atoms with Crippen LogP contribution < -0.4 is 10.6 Å². The fourth-order valence-corrected chi connectivity index (χ4v) is 1.81. The van der Waals surface area contributed by atoms with Crippen molar-refractivity contribution in [3.8, 4) is 0 Å². The smallest absolute Gasteiger partial charge is 0.259 e. The molecule has 0 radical (unpaired) electrons. The molecular formula is C9H9ClN6OS. The lowest BCUT2D eigenvalue weighted by Crippen LogP contribution is -2.12. The van der Waals surface area contributed by atoms with Crippen molar-refractivity contribution in [2.24, 2.45) is 0 Å².